The van der Waals surface area contributed by atoms with Gasteiger partial charge in [0.1, 0.15) is 5.00 Å². The molecule has 0 aliphatic heterocycles. The van der Waals surface area contributed by atoms with Gasteiger partial charge in [-0.25, -0.2) is 9.78 Å². The van der Waals surface area contributed by atoms with Crippen LogP contribution in [0.4, 0.5) is 5.00 Å². The number of carboxylic acids is 1. The maximum absolute atomic E-state index is 10.8. The first-order valence-electron chi connectivity index (χ1n) is 5.10. The smallest absolute Gasteiger partial charge is 0.357 e. The Labute approximate surface area is 92.3 Å². The highest BCUT2D eigenvalue weighted by atomic mass is 32.1. The third kappa shape index (κ3) is 2.68. The predicted molar refractivity (Wildman–Crippen MR) is 59.5 cm³/mol. The third-order valence-electron chi connectivity index (χ3n) is 2.53. The zero-order valence-corrected chi connectivity index (χ0v) is 9.38. The summed E-state index contributed by atoms with van der Waals surface area (Å²) in [5, 5.41) is 12.8. The van der Waals surface area contributed by atoms with Gasteiger partial charge >= 0.3 is 5.97 Å². The summed E-state index contributed by atoms with van der Waals surface area (Å²) in [7, 11) is 0. The molecule has 15 heavy (non-hydrogen) atoms. The second kappa shape index (κ2) is 4.18. The average Bonchev–Trinajstić information content (AvgIpc) is 2.82. The van der Waals surface area contributed by atoms with Gasteiger partial charge in [0.15, 0.2) is 5.69 Å². The molecule has 0 aromatic carbocycles. The molecule has 2 rings (SSSR count). The van der Waals surface area contributed by atoms with Gasteiger partial charge in [-0.1, -0.05) is 12.8 Å². The van der Waals surface area contributed by atoms with Gasteiger partial charge in [0.25, 0.3) is 0 Å². The largest absolute Gasteiger partial charge is 0.476 e. The second-order valence-electron chi connectivity index (χ2n) is 4.06. The van der Waals surface area contributed by atoms with Gasteiger partial charge in [-0.3, -0.25) is 0 Å². The summed E-state index contributed by atoms with van der Waals surface area (Å²) in [4.78, 5) is 14.6. The van der Waals surface area contributed by atoms with Crippen molar-refractivity contribution in [3.63, 3.8) is 0 Å². The topological polar surface area (TPSA) is 62.2 Å². The summed E-state index contributed by atoms with van der Waals surface area (Å²) in [5.41, 5.74) is 1.71. The van der Waals surface area contributed by atoms with Crippen molar-refractivity contribution in [2.24, 2.45) is 5.92 Å². The van der Waals surface area contributed by atoms with Crippen molar-refractivity contribution in [3.05, 3.63) is 11.2 Å². The number of rotatable bonds is 5. The molecule has 1 atom stereocenters. The number of aromatic nitrogens is 1. The van der Waals surface area contributed by atoms with E-state index in [1.807, 2.05) is 0 Å². The zero-order valence-electron chi connectivity index (χ0n) is 8.56. The SMILES string of the molecule is CC(CC1CC1)Nc1scnc1C(=O)O. The fraction of sp³-hybridized carbons (Fsp3) is 0.600. The minimum Gasteiger partial charge on any atom is -0.476 e. The molecule has 5 heteroatoms. The lowest BCUT2D eigenvalue weighted by Crippen LogP contribution is -2.16. The number of hydrogen-bond acceptors (Lipinski definition) is 4. The second-order valence-corrected chi connectivity index (χ2v) is 4.91. The van der Waals surface area contributed by atoms with E-state index >= 15 is 0 Å². The minimum atomic E-state index is -0.961. The Balaban J connectivity index is 1.96. The first-order chi connectivity index (χ1) is 7.16. The van der Waals surface area contributed by atoms with Crippen LogP contribution >= 0.6 is 11.3 Å². The van der Waals surface area contributed by atoms with Gasteiger partial charge in [0, 0.05) is 6.04 Å². The van der Waals surface area contributed by atoms with E-state index in [0.717, 1.165) is 12.3 Å². The van der Waals surface area contributed by atoms with E-state index in [0.29, 0.717) is 11.0 Å². The Kier molecular flexibility index (Phi) is 2.90. The number of anilines is 1. The number of aromatic carboxylic acids is 1. The van der Waals surface area contributed by atoms with E-state index in [4.69, 9.17) is 5.11 Å². The molecule has 1 unspecified atom stereocenters. The van der Waals surface area contributed by atoms with Crippen LogP contribution in [0.15, 0.2) is 5.51 Å². The molecule has 0 radical (unpaired) electrons. The minimum absolute atomic E-state index is 0.141. The monoisotopic (exact) mass is 226 g/mol. The van der Waals surface area contributed by atoms with Gasteiger partial charge < -0.3 is 10.4 Å². The molecule has 0 amide bonds. The summed E-state index contributed by atoms with van der Waals surface area (Å²) in [6.07, 6.45) is 3.76. The molecule has 1 aliphatic rings. The fourth-order valence-corrected chi connectivity index (χ4v) is 2.42. The highest BCUT2D eigenvalue weighted by molar-refractivity contribution is 7.14. The number of nitrogens with zero attached hydrogens (tertiary/aromatic N) is 1. The first-order valence-corrected chi connectivity index (χ1v) is 5.98. The Bertz CT molecular complexity index is 360. The third-order valence-corrected chi connectivity index (χ3v) is 3.29. The van der Waals surface area contributed by atoms with Crippen molar-refractivity contribution in [2.45, 2.75) is 32.2 Å². The van der Waals surface area contributed by atoms with Crippen LogP contribution in [-0.2, 0) is 0 Å². The van der Waals surface area contributed by atoms with E-state index in [1.54, 1.807) is 5.51 Å². The molecule has 1 saturated carbocycles. The Morgan fingerprint density at radius 1 is 1.80 bits per heavy atom. The molecule has 2 N–H and O–H groups in total. The molecule has 0 bridgehead atoms. The summed E-state index contributed by atoms with van der Waals surface area (Å²) in [6.45, 7) is 2.09. The van der Waals surface area contributed by atoms with E-state index in [9.17, 15) is 4.79 Å². The normalized spacial score (nSPS) is 17.4. The van der Waals surface area contributed by atoms with Crippen LogP contribution in [0, 0.1) is 5.92 Å². The Hall–Kier alpha value is -1.10. The molecule has 1 heterocycles. The van der Waals surface area contributed by atoms with Gasteiger partial charge in [0.2, 0.25) is 0 Å². The lowest BCUT2D eigenvalue weighted by Gasteiger charge is -2.13. The van der Waals surface area contributed by atoms with Crippen LogP contribution in [0.1, 0.15) is 36.7 Å². The van der Waals surface area contributed by atoms with E-state index < -0.39 is 5.97 Å². The van der Waals surface area contributed by atoms with Crippen molar-refractivity contribution < 1.29 is 9.90 Å². The average molecular weight is 226 g/mol. The van der Waals surface area contributed by atoms with Crippen molar-refractivity contribution in [1.82, 2.24) is 4.98 Å². The summed E-state index contributed by atoms with van der Waals surface area (Å²) < 4.78 is 0. The number of carbonyl (C=O) groups is 1. The number of nitrogens with one attached hydrogen (secondary N) is 1. The molecule has 1 aromatic rings. The molecule has 1 fully saturated rings. The van der Waals surface area contributed by atoms with Crippen LogP contribution in [-0.4, -0.2) is 22.1 Å². The maximum Gasteiger partial charge on any atom is 0.357 e. The summed E-state index contributed by atoms with van der Waals surface area (Å²) >= 11 is 1.35. The lowest BCUT2D eigenvalue weighted by atomic mass is 10.1. The van der Waals surface area contributed by atoms with Crippen molar-refractivity contribution in [3.8, 4) is 0 Å². The quantitative estimate of drug-likeness (QED) is 0.809. The lowest BCUT2D eigenvalue weighted by molar-refractivity contribution is 0.0692. The van der Waals surface area contributed by atoms with Crippen molar-refractivity contribution in [2.75, 3.05) is 5.32 Å². The van der Waals surface area contributed by atoms with Crippen molar-refractivity contribution >= 4 is 22.3 Å². The highest BCUT2D eigenvalue weighted by Crippen LogP contribution is 2.34. The molecule has 82 valence electrons. The molecular weight excluding hydrogens is 212 g/mol. The Morgan fingerprint density at radius 2 is 2.53 bits per heavy atom. The molecule has 1 aromatic heterocycles. The maximum atomic E-state index is 10.8. The van der Waals surface area contributed by atoms with Gasteiger partial charge in [0.05, 0.1) is 5.51 Å². The van der Waals surface area contributed by atoms with Crippen LogP contribution in [0.25, 0.3) is 0 Å². The highest BCUT2D eigenvalue weighted by Gasteiger charge is 2.24. The first kappa shape index (κ1) is 10.4. The van der Waals surface area contributed by atoms with Gasteiger partial charge in [-0.15, -0.1) is 11.3 Å². The number of thiazole rings is 1. The van der Waals surface area contributed by atoms with E-state index in [1.165, 1.54) is 24.2 Å². The standard InChI is InChI=1S/C10H14N2O2S/c1-6(4-7-2-3-7)12-9-8(10(13)14)11-5-15-9/h5-7,12H,2-4H2,1H3,(H,13,14). The molecular formula is C10H14N2O2S. The predicted octanol–water partition coefficient (Wildman–Crippen LogP) is 2.44. The fourth-order valence-electron chi connectivity index (χ4n) is 1.64. The molecule has 4 nitrogen and oxygen atoms in total. The van der Waals surface area contributed by atoms with Gasteiger partial charge in [-0.05, 0) is 19.3 Å². The van der Waals surface area contributed by atoms with Crippen LogP contribution in [0.5, 0.6) is 0 Å². The molecule has 1 aliphatic carbocycles. The number of hydrogen-bond donors (Lipinski definition) is 2. The van der Waals surface area contributed by atoms with Crippen LogP contribution in [0.3, 0.4) is 0 Å². The summed E-state index contributed by atoms with van der Waals surface area (Å²) in [5.74, 6) is -0.119. The summed E-state index contributed by atoms with van der Waals surface area (Å²) in [6, 6.07) is 0.330. The van der Waals surface area contributed by atoms with Crippen LogP contribution in [0.2, 0.25) is 0 Å². The molecule has 0 spiro atoms. The van der Waals surface area contributed by atoms with Crippen LogP contribution < -0.4 is 5.32 Å². The van der Waals surface area contributed by atoms with Gasteiger partial charge in [-0.2, -0.15) is 0 Å². The Morgan fingerprint density at radius 3 is 3.13 bits per heavy atom. The molecule has 0 saturated heterocycles. The number of carboxylic acid groups (broad SMARTS) is 1. The zero-order chi connectivity index (χ0) is 10.8. The van der Waals surface area contributed by atoms with Crippen molar-refractivity contribution in [1.29, 1.82) is 0 Å². The van der Waals surface area contributed by atoms with E-state index in [-0.39, 0.29) is 5.69 Å². The van der Waals surface area contributed by atoms with E-state index in [2.05, 4.69) is 17.2 Å².